The van der Waals surface area contributed by atoms with Crippen molar-refractivity contribution in [3.05, 3.63) is 29.8 Å². The van der Waals surface area contributed by atoms with Gasteiger partial charge >= 0.3 is 0 Å². The second-order valence-corrected chi connectivity index (χ2v) is 8.55. The van der Waals surface area contributed by atoms with E-state index in [2.05, 4.69) is 4.72 Å². The average molecular weight is 341 g/mol. The van der Waals surface area contributed by atoms with Gasteiger partial charge in [0.05, 0.1) is 4.90 Å². The van der Waals surface area contributed by atoms with Crippen LogP contribution in [-0.2, 0) is 10.0 Å². The van der Waals surface area contributed by atoms with Crippen molar-refractivity contribution < 1.29 is 13.2 Å². The van der Waals surface area contributed by atoms with Crippen molar-refractivity contribution >= 4 is 15.9 Å². The summed E-state index contributed by atoms with van der Waals surface area (Å²) in [7, 11) is -1.93. The third-order valence-corrected chi connectivity index (χ3v) is 5.00. The van der Waals surface area contributed by atoms with Crippen molar-refractivity contribution in [1.82, 2.24) is 9.62 Å². The number of carbonyl (C=O) groups is 1. The Morgan fingerprint density at radius 1 is 1.35 bits per heavy atom. The molecule has 0 unspecified atom stereocenters. The average Bonchev–Trinajstić information content (AvgIpc) is 2.45. The van der Waals surface area contributed by atoms with E-state index in [1.165, 1.54) is 12.1 Å². The maximum absolute atomic E-state index is 12.5. The van der Waals surface area contributed by atoms with E-state index in [4.69, 9.17) is 5.73 Å². The maximum atomic E-state index is 12.5. The number of nitrogens with one attached hydrogen (secondary N) is 1. The van der Waals surface area contributed by atoms with Crippen molar-refractivity contribution in [2.75, 3.05) is 20.1 Å². The quantitative estimate of drug-likeness (QED) is 0.785. The molecule has 0 fully saturated rings. The van der Waals surface area contributed by atoms with Gasteiger partial charge < -0.3 is 10.6 Å². The highest BCUT2D eigenvalue weighted by molar-refractivity contribution is 7.89. The molecule has 0 aliphatic carbocycles. The molecule has 0 aliphatic rings. The van der Waals surface area contributed by atoms with E-state index in [0.29, 0.717) is 18.7 Å². The summed E-state index contributed by atoms with van der Waals surface area (Å²) < 4.78 is 26.9. The van der Waals surface area contributed by atoms with Crippen LogP contribution in [0.25, 0.3) is 0 Å². The minimum atomic E-state index is -3.62. The van der Waals surface area contributed by atoms with Crippen LogP contribution in [0.5, 0.6) is 0 Å². The van der Waals surface area contributed by atoms with Crippen LogP contribution in [0.1, 0.15) is 38.1 Å². The number of carbonyl (C=O) groups excluding carboxylic acids is 1. The molecule has 0 bridgehead atoms. The standard InChI is InChI=1S/C16H27N3O3S/c1-12(2)18-23(21,22)14-8-6-7-13(9-14)15(20)19(5)11-16(3,4)10-17/h6-9,12,18H,10-11,17H2,1-5H3. The van der Waals surface area contributed by atoms with Crippen molar-refractivity contribution in [2.45, 2.75) is 38.6 Å². The van der Waals surface area contributed by atoms with Gasteiger partial charge in [0.1, 0.15) is 0 Å². The fraction of sp³-hybridized carbons (Fsp3) is 0.562. The van der Waals surface area contributed by atoms with E-state index in [0.717, 1.165) is 0 Å². The van der Waals surface area contributed by atoms with Crippen LogP contribution >= 0.6 is 0 Å². The number of nitrogens with two attached hydrogens (primary N) is 1. The van der Waals surface area contributed by atoms with Crippen LogP contribution in [0.15, 0.2) is 29.2 Å². The Hall–Kier alpha value is -1.44. The van der Waals surface area contributed by atoms with E-state index in [-0.39, 0.29) is 22.3 Å². The highest BCUT2D eigenvalue weighted by Gasteiger charge is 2.23. The van der Waals surface area contributed by atoms with E-state index in [9.17, 15) is 13.2 Å². The Labute approximate surface area is 139 Å². The smallest absolute Gasteiger partial charge is 0.253 e. The summed E-state index contributed by atoms with van der Waals surface area (Å²) in [5.74, 6) is -0.229. The Morgan fingerprint density at radius 3 is 2.48 bits per heavy atom. The molecule has 1 aromatic carbocycles. The van der Waals surface area contributed by atoms with E-state index < -0.39 is 10.0 Å². The van der Waals surface area contributed by atoms with Gasteiger partial charge in [0.15, 0.2) is 0 Å². The van der Waals surface area contributed by atoms with Gasteiger partial charge in [-0.05, 0) is 44.0 Å². The lowest BCUT2D eigenvalue weighted by atomic mass is 9.93. The summed E-state index contributed by atoms with van der Waals surface area (Å²) in [5.41, 5.74) is 5.83. The molecule has 3 N–H and O–H groups in total. The molecule has 1 aromatic rings. The fourth-order valence-electron chi connectivity index (χ4n) is 2.17. The number of hydrogen-bond acceptors (Lipinski definition) is 4. The number of sulfonamides is 1. The van der Waals surface area contributed by atoms with Gasteiger partial charge in [0.2, 0.25) is 10.0 Å². The topological polar surface area (TPSA) is 92.5 Å². The maximum Gasteiger partial charge on any atom is 0.253 e. The molecule has 0 atom stereocenters. The van der Waals surface area contributed by atoms with Gasteiger partial charge in [-0.1, -0.05) is 19.9 Å². The van der Waals surface area contributed by atoms with E-state index >= 15 is 0 Å². The molecule has 0 aromatic heterocycles. The minimum absolute atomic E-state index is 0.0866. The molecule has 0 aliphatic heterocycles. The van der Waals surface area contributed by atoms with Gasteiger partial charge in [-0.2, -0.15) is 0 Å². The summed E-state index contributed by atoms with van der Waals surface area (Å²) in [6.45, 7) is 8.39. The zero-order chi connectivity index (χ0) is 17.8. The number of hydrogen-bond donors (Lipinski definition) is 2. The van der Waals surface area contributed by atoms with Gasteiger partial charge in [0.25, 0.3) is 5.91 Å². The Balaban J connectivity index is 3.03. The monoisotopic (exact) mass is 341 g/mol. The van der Waals surface area contributed by atoms with Crippen molar-refractivity contribution in [3.8, 4) is 0 Å². The lowest BCUT2D eigenvalue weighted by Crippen LogP contribution is -2.39. The SMILES string of the molecule is CC(C)NS(=O)(=O)c1cccc(C(=O)N(C)CC(C)(C)CN)c1. The summed E-state index contributed by atoms with van der Waals surface area (Å²) in [5, 5.41) is 0. The Morgan fingerprint density at radius 2 is 1.96 bits per heavy atom. The van der Waals surface area contributed by atoms with Crippen LogP contribution in [0, 0.1) is 5.41 Å². The lowest BCUT2D eigenvalue weighted by molar-refractivity contribution is 0.0740. The van der Waals surface area contributed by atoms with Gasteiger partial charge in [-0.3, -0.25) is 4.79 Å². The predicted molar refractivity (Wildman–Crippen MR) is 91.7 cm³/mol. The zero-order valence-electron chi connectivity index (χ0n) is 14.5. The van der Waals surface area contributed by atoms with Crippen LogP contribution in [0.4, 0.5) is 0 Å². The molecular formula is C16H27N3O3S. The van der Waals surface area contributed by atoms with Crippen molar-refractivity contribution in [1.29, 1.82) is 0 Å². The number of benzene rings is 1. The number of nitrogens with zero attached hydrogens (tertiary/aromatic N) is 1. The van der Waals surface area contributed by atoms with Crippen LogP contribution in [0.3, 0.4) is 0 Å². The molecular weight excluding hydrogens is 314 g/mol. The highest BCUT2D eigenvalue weighted by atomic mass is 32.2. The largest absolute Gasteiger partial charge is 0.341 e. The van der Waals surface area contributed by atoms with E-state index in [1.54, 1.807) is 37.9 Å². The minimum Gasteiger partial charge on any atom is -0.341 e. The van der Waals surface area contributed by atoms with Crippen LogP contribution in [0.2, 0.25) is 0 Å². The molecule has 130 valence electrons. The highest BCUT2D eigenvalue weighted by Crippen LogP contribution is 2.17. The number of amides is 1. The summed E-state index contributed by atoms with van der Waals surface area (Å²) in [4.78, 5) is 14.2. The summed E-state index contributed by atoms with van der Waals surface area (Å²) in [6, 6.07) is 5.85. The molecule has 0 saturated carbocycles. The van der Waals surface area contributed by atoms with Gasteiger partial charge in [-0.25, -0.2) is 13.1 Å². The molecule has 7 heteroatoms. The molecule has 1 amide bonds. The first-order valence-electron chi connectivity index (χ1n) is 7.56. The number of rotatable bonds is 7. The molecule has 0 heterocycles. The molecule has 6 nitrogen and oxygen atoms in total. The summed E-state index contributed by atoms with van der Waals surface area (Å²) >= 11 is 0. The van der Waals surface area contributed by atoms with Gasteiger partial charge in [0, 0.05) is 25.2 Å². The third-order valence-electron chi connectivity index (χ3n) is 3.35. The Bertz CT molecular complexity index is 654. The first-order chi connectivity index (χ1) is 10.5. The molecule has 0 spiro atoms. The van der Waals surface area contributed by atoms with Crippen molar-refractivity contribution in [3.63, 3.8) is 0 Å². The normalized spacial score (nSPS) is 12.5. The second-order valence-electron chi connectivity index (χ2n) is 6.83. The zero-order valence-corrected chi connectivity index (χ0v) is 15.3. The molecule has 0 radical (unpaired) electrons. The van der Waals surface area contributed by atoms with Crippen LogP contribution in [-0.4, -0.2) is 45.4 Å². The second kappa shape index (κ2) is 7.42. The summed E-state index contributed by atoms with van der Waals surface area (Å²) in [6.07, 6.45) is 0. The predicted octanol–water partition coefficient (Wildman–Crippen LogP) is 1.43. The first kappa shape index (κ1) is 19.6. The first-order valence-corrected chi connectivity index (χ1v) is 9.05. The van der Waals surface area contributed by atoms with Crippen LogP contribution < -0.4 is 10.5 Å². The fourth-order valence-corrected chi connectivity index (χ4v) is 3.47. The van der Waals surface area contributed by atoms with Gasteiger partial charge in [-0.15, -0.1) is 0 Å². The van der Waals surface area contributed by atoms with E-state index in [1.807, 2.05) is 13.8 Å². The molecule has 23 heavy (non-hydrogen) atoms. The lowest BCUT2D eigenvalue weighted by Gasteiger charge is -2.29. The van der Waals surface area contributed by atoms with Crippen molar-refractivity contribution in [2.24, 2.45) is 11.1 Å². The third kappa shape index (κ3) is 5.60. The molecule has 0 saturated heterocycles. The molecule has 1 rings (SSSR count). The Kier molecular flexibility index (Phi) is 6.33.